The van der Waals surface area contributed by atoms with Crippen LogP contribution >= 0.6 is 0 Å². The van der Waals surface area contributed by atoms with E-state index >= 15 is 0 Å². The predicted molar refractivity (Wildman–Crippen MR) is 104 cm³/mol. The first-order valence-corrected chi connectivity index (χ1v) is 9.05. The van der Waals surface area contributed by atoms with Crippen LogP contribution in [0.2, 0.25) is 0 Å². The van der Waals surface area contributed by atoms with Gasteiger partial charge in [0.2, 0.25) is 5.91 Å². The van der Waals surface area contributed by atoms with Crippen molar-refractivity contribution in [2.45, 2.75) is 13.5 Å². The second kappa shape index (κ2) is 8.77. The molecular formula is C21H26N2O4. The van der Waals surface area contributed by atoms with Crippen molar-refractivity contribution >= 4 is 12.0 Å². The molecule has 1 fully saturated rings. The maximum Gasteiger partial charge on any atom is 0.246 e. The summed E-state index contributed by atoms with van der Waals surface area (Å²) in [6.07, 6.45) is 3.31. The summed E-state index contributed by atoms with van der Waals surface area (Å²) >= 11 is 0. The van der Waals surface area contributed by atoms with Crippen molar-refractivity contribution in [3.05, 3.63) is 53.5 Å². The monoisotopic (exact) mass is 370 g/mol. The highest BCUT2D eigenvalue weighted by atomic mass is 16.5. The van der Waals surface area contributed by atoms with Crippen molar-refractivity contribution in [2.75, 3.05) is 40.4 Å². The van der Waals surface area contributed by atoms with Gasteiger partial charge in [0.1, 0.15) is 23.0 Å². The second-order valence-electron chi connectivity index (χ2n) is 6.56. The van der Waals surface area contributed by atoms with Crippen LogP contribution in [-0.4, -0.2) is 56.1 Å². The van der Waals surface area contributed by atoms with E-state index < -0.39 is 0 Å². The number of hydrogen-bond donors (Lipinski definition) is 0. The highest BCUT2D eigenvalue weighted by molar-refractivity contribution is 5.91. The Morgan fingerprint density at radius 3 is 2.52 bits per heavy atom. The largest absolute Gasteiger partial charge is 0.497 e. The summed E-state index contributed by atoms with van der Waals surface area (Å²) in [5.74, 6) is 3.22. The van der Waals surface area contributed by atoms with Gasteiger partial charge in [-0.15, -0.1) is 0 Å². The summed E-state index contributed by atoms with van der Waals surface area (Å²) in [5, 5.41) is 0. The Morgan fingerprint density at radius 1 is 1.11 bits per heavy atom. The minimum atomic E-state index is 0.0164. The Kier molecular flexibility index (Phi) is 6.19. The molecule has 0 N–H and O–H groups in total. The average Bonchev–Trinajstić information content (AvgIpc) is 3.12. The topological polar surface area (TPSA) is 55.2 Å². The number of carbonyl (C=O) groups is 1. The Balaban J connectivity index is 1.54. The number of ether oxygens (including phenoxy) is 2. The van der Waals surface area contributed by atoms with E-state index in [1.165, 1.54) is 0 Å². The zero-order valence-electron chi connectivity index (χ0n) is 16.1. The van der Waals surface area contributed by atoms with Gasteiger partial charge in [0.15, 0.2) is 0 Å². The number of benzene rings is 1. The van der Waals surface area contributed by atoms with Crippen molar-refractivity contribution in [1.29, 1.82) is 0 Å². The molecule has 0 atom stereocenters. The zero-order valence-corrected chi connectivity index (χ0v) is 16.1. The number of amides is 1. The molecule has 0 aliphatic carbocycles. The summed E-state index contributed by atoms with van der Waals surface area (Å²) in [6.45, 7) is 5.69. The van der Waals surface area contributed by atoms with E-state index in [1.807, 2.05) is 42.2 Å². The number of aryl methyl sites for hydroxylation is 1. The van der Waals surface area contributed by atoms with Crippen LogP contribution in [0.25, 0.3) is 6.08 Å². The van der Waals surface area contributed by atoms with Crippen molar-refractivity contribution in [3.63, 3.8) is 0 Å². The molecule has 1 amide bonds. The van der Waals surface area contributed by atoms with Crippen LogP contribution in [0.15, 0.2) is 40.8 Å². The number of nitrogens with zero attached hydrogens (tertiary/aromatic N) is 2. The predicted octanol–water partition coefficient (Wildman–Crippen LogP) is 2.96. The minimum Gasteiger partial charge on any atom is -0.497 e. The molecular weight excluding hydrogens is 344 g/mol. The molecule has 0 unspecified atom stereocenters. The molecule has 0 bridgehead atoms. The van der Waals surface area contributed by atoms with Crippen LogP contribution in [0.1, 0.15) is 17.1 Å². The molecule has 0 radical (unpaired) electrons. The van der Waals surface area contributed by atoms with Crippen LogP contribution < -0.4 is 9.47 Å². The Labute approximate surface area is 160 Å². The summed E-state index contributed by atoms with van der Waals surface area (Å²) in [7, 11) is 3.34. The van der Waals surface area contributed by atoms with Crippen LogP contribution in [0.5, 0.6) is 11.5 Å². The number of furan rings is 1. The van der Waals surface area contributed by atoms with E-state index in [0.717, 1.165) is 42.5 Å². The molecule has 1 saturated heterocycles. The first-order chi connectivity index (χ1) is 13.1. The van der Waals surface area contributed by atoms with Crippen molar-refractivity contribution < 1.29 is 18.7 Å². The molecule has 3 rings (SSSR count). The van der Waals surface area contributed by atoms with Gasteiger partial charge in [0, 0.05) is 44.4 Å². The lowest BCUT2D eigenvalue weighted by Gasteiger charge is -2.34. The number of piperazine rings is 1. The van der Waals surface area contributed by atoms with Gasteiger partial charge in [-0.05, 0) is 43.3 Å². The van der Waals surface area contributed by atoms with Crippen molar-refractivity contribution in [2.24, 2.45) is 0 Å². The summed E-state index contributed by atoms with van der Waals surface area (Å²) in [6, 6.07) is 9.57. The fraction of sp³-hybridized carbons (Fsp3) is 0.381. The third-order valence-corrected chi connectivity index (χ3v) is 4.72. The molecule has 27 heavy (non-hydrogen) atoms. The smallest absolute Gasteiger partial charge is 0.246 e. The van der Waals surface area contributed by atoms with Crippen LogP contribution in [-0.2, 0) is 11.3 Å². The van der Waals surface area contributed by atoms with Crippen LogP contribution in [0.3, 0.4) is 0 Å². The average molecular weight is 370 g/mol. The number of hydrogen-bond acceptors (Lipinski definition) is 5. The molecule has 0 spiro atoms. The van der Waals surface area contributed by atoms with E-state index in [2.05, 4.69) is 4.90 Å². The molecule has 144 valence electrons. The maximum absolute atomic E-state index is 12.4. The Hall–Kier alpha value is -2.73. The molecule has 2 aromatic rings. The van der Waals surface area contributed by atoms with Gasteiger partial charge in [0.25, 0.3) is 0 Å². The second-order valence-corrected chi connectivity index (χ2v) is 6.56. The number of rotatable bonds is 6. The minimum absolute atomic E-state index is 0.0164. The quantitative estimate of drug-likeness (QED) is 0.732. The van der Waals surface area contributed by atoms with Gasteiger partial charge in [0.05, 0.1) is 14.2 Å². The summed E-state index contributed by atoms with van der Waals surface area (Å²) < 4.78 is 16.2. The Bertz CT molecular complexity index is 804. The first kappa shape index (κ1) is 19.0. The molecule has 0 saturated carbocycles. The van der Waals surface area contributed by atoms with Gasteiger partial charge in [-0.1, -0.05) is 0 Å². The molecule has 1 aromatic carbocycles. The highest BCUT2D eigenvalue weighted by Crippen LogP contribution is 2.25. The normalized spacial score (nSPS) is 15.3. The lowest BCUT2D eigenvalue weighted by atomic mass is 10.1. The van der Waals surface area contributed by atoms with Crippen molar-refractivity contribution in [1.82, 2.24) is 9.80 Å². The molecule has 2 heterocycles. The van der Waals surface area contributed by atoms with Crippen molar-refractivity contribution in [3.8, 4) is 11.5 Å². The first-order valence-electron chi connectivity index (χ1n) is 9.05. The number of carbonyl (C=O) groups excluding carboxylic acids is 1. The standard InChI is InChI=1S/C21H26N2O4/c1-16-4-5-18(27-16)7-9-21(24)23-12-10-22(11-13-23)15-17-14-19(25-2)6-8-20(17)26-3/h4-9,14H,10-13,15H2,1-3H3/b9-7+. The molecule has 6 heteroatoms. The third-order valence-electron chi connectivity index (χ3n) is 4.72. The molecule has 1 aliphatic heterocycles. The third kappa shape index (κ3) is 4.92. The van der Waals surface area contributed by atoms with E-state index in [1.54, 1.807) is 26.4 Å². The molecule has 1 aromatic heterocycles. The molecule has 1 aliphatic rings. The van der Waals surface area contributed by atoms with E-state index in [-0.39, 0.29) is 5.91 Å². The van der Waals surface area contributed by atoms with E-state index in [4.69, 9.17) is 13.9 Å². The van der Waals surface area contributed by atoms with Gasteiger partial charge < -0.3 is 18.8 Å². The number of methoxy groups -OCH3 is 2. The lowest BCUT2D eigenvalue weighted by molar-refractivity contribution is -0.127. The molecule has 6 nitrogen and oxygen atoms in total. The lowest BCUT2D eigenvalue weighted by Crippen LogP contribution is -2.47. The van der Waals surface area contributed by atoms with Gasteiger partial charge in [-0.3, -0.25) is 9.69 Å². The SMILES string of the molecule is COc1ccc(OC)c(CN2CCN(C(=O)/C=C/c3ccc(C)o3)CC2)c1. The van der Waals surface area contributed by atoms with Crippen LogP contribution in [0, 0.1) is 6.92 Å². The fourth-order valence-corrected chi connectivity index (χ4v) is 3.17. The summed E-state index contributed by atoms with van der Waals surface area (Å²) in [4.78, 5) is 16.6. The van der Waals surface area contributed by atoms with E-state index in [0.29, 0.717) is 18.8 Å². The van der Waals surface area contributed by atoms with Crippen LogP contribution in [0.4, 0.5) is 0 Å². The maximum atomic E-state index is 12.4. The van der Waals surface area contributed by atoms with Gasteiger partial charge >= 0.3 is 0 Å². The zero-order chi connectivity index (χ0) is 19.2. The Morgan fingerprint density at radius 2 is 1.89 bits per heavy atom. The highest BCUT2D eigenvalue weighted by Gasteiger charge is 2.20. The van der Waals surface area contributed by atoms with E-state index in [9.17, 15) is 4.79 Å². The van der Waals surface area contributed by atoms with Gasteiger partial charge in [-0.25, -0.2) is 0 Å². The van der Waals surface area contributed by atoms with Gasteiger partial charge in [-0.2, -0.15) is 0 Å². The fourth-order valence-electron chi connectivity index (χ4n) is 3.17. The summed E-state index contributed by atoms with van der Waals surface area (Å²) in [5.41, 5.74) is 1.09.